The van der Waals surface area contributed by atoms with E-state index in [1.807, 2.05) is 13.2 Å². The molecule has 34 heavy (non-hydrogen) atoms. The molecule has 8 heteroatoms. The van der Waals surface area contributed by atoms with Crippen LogP contribution < -0.4 is 5.32 Å². The molecule has 0 atom stereocenters. The highest BCUT2D eigenvalue weighted by Gasteiger charge is 2.13. The molecule has 0 spiro atoms. The normalized spacial score (nSPS) is 10.9. The van der Waals surface area contributed by atoms with Crippen LogP contribution in [0.15, 0.2) is 85.3 Å². The van der Waals surface area contributed by atoms with E-state index < -0.39 is 11.7 Å². The maximum atomic E-state index is 13.3. The van der Waals surface area contributed by atoms with Crippen LogP contribution in [0.4, 0.5) is 10.1 Å². The van der Waals surface area contributed by atoms with Crippen molar-refractivity contribution in [3.05, 3.63) is 108 Å². The molecule has 5 rings (SSSR count). The Bertz CT molecular complexity index is 1540. The van der Waals surface area contributed by atoms with Gasteiger partial charge in [0.25, 0.3) is 5.91 Å². The second-order valence-electron chi connectivity index (χ2n) is 7.73. The summed E-state index contributed by atoms with van der Waals surface area (Å²) in [6, 6.07) is 17.1. The Morgan fingerprint density at radius 1 is 0.882 bits per heavy atom. The van der Waals surface area contributed by atoms with Crippen LogP contribution in [0.25, 0.3) is 22.3 Å². The number of anilines is 1. The fraction of sp³-hybridized carbons (Fsp3) is 0.0385. The summed E-state index contributed by atoms with van der Waals surface area (Å²) >= 11 is 0. The van der Waals surface area contributed by atoms with Crippen molar-refractivity contribution in [2.24, 2.45) is 7.05 Å². The monoisotopic (exact) mass is 451 g/mol. The molecule has 2 heterocycles. The molecule has 0 saturated carbocycles. The minimum absolute atomic E-state index is 0.182. The van der Waals surface area contributed by atoms with Crippen LogP contribution in [0, 0.1) is 5.82 Å². The van der Waals surface area contributed by atoms with Gasteiger partial charge in [-0.15, -0.1) is 0 Å². The molecule has 3 aromatic carbocycles. The van der Waals surface area contributed by atoms with Gasteiger partial charge in [0.05, 0.1) is 29.1 Å². The third kappa shape index (κ3) is 4.29. The molecule has 0 saturated heterocycles. The van der Waals surface area contributed by atoms with Crippen molar-refractivity contribution in [3.63, 3.8) is 0 Å². The first kappa shape index (κ1) is 21.1. The number of benzene rings is 3. The number of nitrogens with one attached hydrogen (secondary N) is 1. The first-order valence-corrected chi connectivity index (χ1v) is 10.4. The Morgan fingerprint density at radius 2 is 1.68 bits per heavy atom. The SMILES string of the molecule is Cn1cc(-c2cnc3ccc(C(=O)c4ccc(NC(=O)c5cccc(F)c5)cc4)cc3n2)cn1. The highest BCUT2D eigenvalue weighted by molar-refractivity contribution is 6.10. The van der Waals surface area contributed by atoms with Crippen LogP contribution in [0.1, 0.15) is 26.3 Å². The van der Waals surface area contributed by atoms with Crippen molar-refractivity contribution >= 4 is 28.4 Å². The summed E-state index contributed by atoms with van der Waals surface area (Å²) in [5.41, 5.74) is 4.43. The number of rotatable bonds is 5. The van der Waals surface area contributed by atoms with Crippen LogP contribution in [-0.2, 0) is 7.05 Å². The highest BCUT2D eigenvalue weighted by Crippen LogP contribution is 2.21. The van der Waals surface area contributed by atoms with Crippen molar-refractivity contribution in [1.82, 2.24) is 19.7 Å². The number of amides is 1. The van der Waals surface area contributed by atoms with Crippen LogP contribution in [-0.4, -0.2) is 31.4 Å². The number of hydrogen-bond acceptors (Lipinski definition) is 5. The van der Waals surface area contributed by atoms with E-state index in [1.165, 1.54) is 18.2 Å². The van der Waals surface area contributed by atoms with Gasteiger partial charge in [-0.05, 0) is 60.7 Å². The summed E-state index contributed by atoms with van der Waals surface area (Å²) < 4.78 is 15.0. The standard InChI is InChI=1S/C26H18FN5O2/c1-32-15-19(13-29-32)24-14-28-22-10-7-17(12-23(22)31-24)25(33)16-5-8-21(9-6-16)30-26(34)18-3-2-4-20(27)11-18/h2-15H,1H3,(H,30,34). The van der Waals surface area contributed by atoms with E-state index in [2.05, 4.69) is 20.4 Å². The highest BCUT2D eigenvalue weighted by atomic mass is 19.1. The van der Waals surface area contributed by atoms with E-state index in [0.29, 0.717) is 33.5 Å². The van der Waals surface area contributed by atoms with Gasteiger partial charge in [0.2, 0.25) is 0 Å². The van der Waals surface area contributed by atoms with Crippen molar-refractivity contribution in [2.45, 2.75) is 0 Å². The molecular weight excluding hydrogens is 433 g/mol. The molecule has 0 bridgehead atoms. The first-order valence-electron chi connectivity index (χ1n) is 10.4. The van der Waals surface area contributed by atoms with E-state index in [1.54, 1.807) is 59.5 Å². The van der Waals surface area contributed by atoms with Crippen LogP contribution in [0.5, 0.6) is 0 Å². The second-order valence-corrected chi connectivity index (χ2v) is 7.73. The molecule has 0 aliphatic rings. The third-order valence-corrected chi connectivity index (χ3v) is 5.30. The number of halogens is 1. The van der Waals surface area contributed by atoms with Crippen molar-refractivity contribution in [2.75, 3.05) is 5.32 Å². The molecule has 1 amide bonds. The Morgan fingerprint density at radius 3 is 2.41 bits per heavy atom. The average molecular weight is 451 g/mol. The second kappa shape index (κ2) is 8.67. The molecule has 1 N–H and O–H groups in total. The number of nitrogens with zero attached hydrogens (tertiary/aromatic N) is 4. The van der Waals surface area contributed by atoms with Gasteiger partial charge in [0, 0.05) is 41.2 Å². The topological polar surface area (TPSA) is 89.8 Å². The number of carbonyl (C=O) groups is 2. The molecule has 0 radical (unpaired) electrons. The molecule has 166 valence electrons. The van der Waals surface area contributed by atoms with E-state index in [-0.39, 0.29) is 11.3 Å². The van der Waals surface area contributed by atoms with E-state index in [0.717, 1.165) is 11.6 Å². The molecule has 2 aromatic heterocycles. The fourth-order valence-electron chi connectivity index (χ4n) is 3.55. The molecular formula is C26H18FN5O2. The van der Waals surface area contributed by atoms with Crippen LogP contribution >= 0.6 is 0 Å². The first-order chi connectivity index (χ1) is 16.5. The van der Waals surface area contributed by atoms with Gasteiger partial charge in [-0.3, -0.25) is 19.3 Å². The Kier molecular flexibility index (Phi) is 5.39. The number of ketones is 1. The van der Waals surface area contributed by atoms with Gasteiger partial charge < -0.3 is 5.32 Å². The molecule has 5 aromatic rings. The summed E-state index contributed by atoms with van der Waals surface area (Å²) in [6.45, 7) is 0. The lowest BCUT2D eigenvalue weighted by Crippen LogP contribution is -2.12. The number of aromatic nitrogens is 4. The summed E-state index contributed by atoms with van der Waals surface area (Å²) in [5.74, 6) is -1.10. The lowest BCUT2D eigenvalue weighted by molar-refractivity contribution is 0.102. The lowest BCUT2D eigenvalue weighted by atomic mass is 10.0. The van der Waals surface area contributed by atoms with Crippen LogP contribution in [0.2, 0.25) is 0 Å². The molecule has 7 nitrogen and oxygen atoms in total. The van der Waals surface area contributed by atoms with Crippen molar-refractivity contribution in [1.29, 1.82) is 0 Å². The molecule has 0 aliphatic heterocycles. The Labute approximate surface area is 193 Å². The minimum atomic E-state index is -0.485. The van der Waals surface area contributed by atoms with Gasteiger partial charge in [-0.25, -0.2) is 9.37 Å². The van der Waals surface area contributed by atoms with E-state index >= 15 is 0 Å². The van der Waals surface area contributed by atoms with Gasteiger partial charge in [-0.2, -0.15) is 5.10 Å². The molecule has 0 aliphatic carbocycles. The lowest BCUT2D eigenvalue weighted by Gasteiger charge is -2.07. The zero-order valence-corrected chi connectivity index (χ0v) is 18.1. The number of hydrogen-bond donors (Lipinski definition) is 1. The van der Waals surface area contributed by atoms with Gasteiger partial charge in [0.1, 0.15) is 5.82 Å². The van der Waals surface area contributed by atoms with Crippen molar-refractivity contribution in [3.8, 4) is 11.3 Å². The zero-order chi connectivity index (χ0) is 23.7. The summed E-state index contributed by atoms with van der Waals surface area (Å²) in [5, 5.41) is 6.85. The number of carbonyl (C=O) groups excluding carboxylic acids is 2. The van der Waals surface area contributed by atoms with Gasteiger partial charge >= 0.3 is 0 Å². The van der Waals surface area contributed by atoms with E-state index in [9.17, 15) is 14.0 Å². The maximum Gasteiger partial charge on any atom is 0.255 e. The maximum absolute atomic E-state index is 13.3. The average Bonchev–Trinajstić information content (AvgIpc) is 3.29. The summed E-state index contributed by atoms with van der Waals surface area (Å²) in [4.78, 5) is 34.4. The third-order valence-electron chi connectivity index (χ3n) is 5.30. The van der Waals surface area contributed by atoms with Gasteiger partial charge in [-0.1, -0.05) is 6.07 Å². The Balaban J connectivity index is 1.36. The van der Waals surface area contributed by atoms with Crippen LogP contribution in [0.3, 0.4) is 0 Å². The van der Waals surface area contributed by atoms with E-state index in [4.69, 9.17) is 0 Å². The van der Waals surface area contributed by atoms with Gasteiger partial charge in [0.15, 0.2) is 5.78 Å². The summed E-state index contributed by atoms with van der Waals surface area (Å²) in [6.07, 6.45) is 5.23. The predicted octanol–water partition coefficient (Wildman–Crippen LogP) is 4.65. The predicted molar refractivity (Wildman–Crippen MR) is 126 cm³/mol. The smallest absolute Gasteiger partial charge is 0.255 e. The van der Waals surface area contributed by atoms with Crippen molar-refractivity contribution < 1.29 is 14.0 Å². The fourth-order valence-corrected chi connectivity index (χ4v) is 3.55. The quantitative estimate of drug-likeness (QED) is 0.393. The summed E-state index contributed by atoms with van der Waals surface area (Å²) in [7, 11) is 1.83. The molecule has 0 fully saturated rings. The zero-order valence-electron chi connectivity index (χ0n) is 18.1. The number of fused-ring (bicyclic) bond motifs is 1. The molecule has 0 unspecified atom stereocenters. The minimum Gasteiger partial charge on any atom is -0.322 e. The number of aryl methyl sites for hydroxylation is 1. The largest absolute Gasteiger partial charge is 0.322 e. The Hall–Kier alpha value is -4.72.